The lowest BCUT2D eigenvalue weighted by atomic mass is 10.1. The van der Waals surface area contributed by atoms with E-state index in [2.05, 4.69) is 28.9 Å². The lowest BCUT2D eigenvalue weighted by molar-refractivity contribution is 0.415. The van der Waals surface area contributed by atoms with Crippen molar-refractivity contribution in [1.29, 1.82) is 0 Å². The highest BCUT2D eigenvalue weighted by Crippen LogP contribution is 2.31. The SMILES string of the molecule is COc1ccc2nc(C)cc(N3CCCC3)c2c1. The summed E-state index contributed by atoms with van der Waals surface area (Å²) in [6, 6.07) is 8.30. The predicted octanol–water partition coefficient (Wildman–Crippen LogP) is 3.15. The molecule has 0 spiro atoms. The number of pyridine rings is 1. The van der Waals surface area contributed by atoms with Crippen LogP contribution in [0.4, 0.5) is 5.69 Å². The van der Waals surface area contributed by atoms with Crippen molar-refractivity contribution in [3.05, 3.63) is 30.0 Å². The third-order valence-corrected chi connectivity index (χ3v) is 3.57. The zero-order valence-electron chi connectivity index (χ0n) is 10.9. The van der Waals surface area contributed by atoms with E-state index in [1.165, 1.54) is 23.9 Å². The van der Waals surface area contributed by atoms with Gasteiger partial charge in [0, 0.05) is 29.9 Å². The smallest absolute Gasteiger partial charge is 0.119 e. The van der Waals surface area contributed by atoms with E-state index < -0.39 is 0 Å². The molecule has 3 rings (SSSR count). The van der Waals surface area contributed by atoms with E-state index >= 15 is 0 Å². The van der Waals surface area contributed by atoms with Crippen LogP contribution in [0.1, 0.15) is 18.5 Å². The molecule has 3 heteroatoms. The molecule has 0 bridgehead atoms. The molecule has 1 fully saturated rings. The molecule has 0 N–H and O–H groups in total. The van der Waals surface area contributed by atoms with Crippen LogP contribution in [-0.4, -0.2) is 25.2 Å². The molecule has 0 radical (unpaired) electrons. The molecule has 1 aromatic heterocycles. The number of methoxy groups -OCH3 is 1. The maximum atomic E-state index is 5.32. The number of aryl methyl sites for hydroxylation is 1. The summed E-state index contributed by atoms with van der Waals surface area (Å²) >= 11 is 0. The van der Waals surface area contributed by atoms with Gasteiger partial charge in [0.25, 0.3) is 0 Å². The molecule has 0 unspecified atom stereocenters. The highest BCUT2D eigenvalue weighted by atomic mass is 16.5. The topological polar surface area (TPSA) is 25.4 Å². The van der Waals surface area contributed by atoms with Crippen LogP contribution in [0.15, 0.2) is 24.3 Å². The maximum absolute atomic E-state index is 5.32. The molecule has 1 aromatic carbocycles. The van der Waals surface area contributed by atoms with Gasteiger partial charge < -0.3 is 9.64 Å². The first-order valence-electron chi connectivity index (χ1n) is 6.48. The van der Waals surface area contributed by atoms with Gasteiger partial charge >= 0.3 is 0 Å². The van der Waals surface area contributed by atoms with E-state index in [1.54, 1.807) is 7.11 Å². The Morgan fingerprint density at radius 3 is 2.67 bits per heavy atom. The van der Waals surface area contributed by atoms with Gasteiger partial charge in [-0.3, -0.25) is 4.98 Å². The second kappa shape index (κ2) is 4.48. The maximum Gasteiger partial charge on any atom is 0.119 e. The van der Waals surface area contributed by atoms with Gasteiger partial charge in [0.1, 0.15) is 5.75 Å². The van der Waals surface area contributed by atoms with E-state index in [4.69, 9.17) is 4.74 Å². The standard InChI is InChI=1S/C15H18N2O/c1-11-9-15(17-7-3-4-8-17)13-10-12(18-2)5-6-14(13)16-11/h5-6,9-10H,3-4,7-8H2,1-2H3. The Morgan fingerprint density at radius 1 is 1.17 bits per heavy atom. The highest BCUT2D eigenvalue weighted by Gasteiger charge is 2.16. The number of nitrogens with zero attached hydrogens (tertiary/aromatic N) is 2. The van der Waals surface area contributed by atoms with E-state index in [1.807, 2.05) is 12.1 Å². The van der Waals surface area contributed by atoms with Crippen LogP contribution < -0.4 is 9.64 Å². The Kier molecular flexibility index (Phi) is 2.82. The Balaban J connectivity index is 2.20. The van der Waals surface area contributed by atoms with Gasteiger partial charge in [0.05, 0.1) is 12.6 Å². The predicted molar refractivity (Wildman–Crippen MR) is 74.5 cm³/mol. The summed E-state index contributed by atoms with van der Waals surface area (Å²) in [4.78, 5) is 7.06. The summed E-state index contributed by atoms with van der Waals surface area (Å²) in [5.74, 6) is 0.897. The normalized spacial score (nSPS) is 15.3. The molecule has 0 amide bonds. The van der Waals surface area contributed by atoms with Crippen LogP contribution in [0.5, 0.6) is 5.75 Å². The van der Waals surface area contributed by atoms with Crippen LogP contribution in [0, 0.1) is 6.92 Å². The minimum absolute atomic E-state index is 0.897. The van der Waals surface area contributed by atoms with Crippen LogP contribution >= 0.6 is 0 Å². The third kappa shape index (κ3) is 1.90. The Hall–Kier alpha value is -1.77. The Bertz CT molecular complexity index is 574. The average Bonchev–Trinajstić information content (AvgIpc) is 2.91. The van der Waals surface area contributed by atoms with Gasteiger partial charge in [-0.1, -0.05) is 0 Å². The molecule has 0 atom stereocenters. The van der Waals surface area contributed by atoms with E-state index in [9.17, 15) is 0 Å². The van der Waals surface area contributed by atoms with Crippen molar-refractivity contribution in [2.45, 2.75) is 19.8 Å². The number of ether oxygens (including phenoxy) is 1. The molecular weight excluding hydrogens is 224 g/mol. The number of aromatic nitrogens is 1. The van der Waals surface area contributed by atoms with Gasteiger partial charge in [-0.15, -0.1) is 0 Å². The summed E-state index contributed by atoms with van der Waals surface area (Å²) < 4.78 is 5.32. The molecule has 2 heterocycles. The molecule has 1 saturated heterocycles. The zero-order valence-corrected chi connectivity index (χ0v) is 10.9. The summed E-state index contributed by atoms with van der Waals surface area (Å²) in [5.41, 5.74) is 3.43. The summed E-state index contributed by atoms with van der Waals surface area (Å²) in [6.45, 7) is 4.36. The van der Waals surface area contributed by atoms with E-state index in [0.717, 1.165) is 30.0 Å². The fourth-order valence-electron chi connectivity index (χ4n) is 2.66. The first-order valence-corrected chi connectivity index (χ1v) is 6.48. The first-order chi connectivity index (χ1) is 8.78. The first kappa shape index (κ1) is 11.3. The van der Waals surface area contributed by atoms with E-state index in [0.29, 0.717) is 0 Å². The molecule has 18 heavy (non-hydrogen) atoms. The summed E-state index contributed by atoms with van der Waals surface area (Å²) in [7, 11) is 1.71. The van der Waals surface area contributed by atoms with Crippen LogP contribution in [-0.2, 0) is 0 Å². The molecule has 1 aliphatic rings. The molecular formula is C15H18N2O. The summed E-state index contributed by atoms with van der Waals surface area (Å²) in [5, 5.41) is 1.20. The number of hydrogen-bond donors (Lipinski definition) is 0. The number of rotatable bonds is 2. The largest absolute Gasteiger partial charge is 0.497 e. The van der Waals surface area contributed by atoms with Gasteiger partial charge in [-0.25, -0.2) is 0 Å². The van der Waals surface area contributed by atoms with Crippen LogP contribution in [0.2, 0.25) is 0 Å². The Morgan fingerprint density at radius 2 is 1.94 bits per heavy atom. The van der Waals surface area contributed by atoms with Crippen molar-refractivity contribution in [3.63, 3.8) is 0 Å². The number of fused-ring (bicyclic) bond motifs is 1. The average molecular weight is 242 g/mol. The molecule has 3 nitrogen and oxygen atoms in total. The minimum atomic E-state index is 0.897. The van der Waals surface area contributed by atoms with E-state index in [-0.39, 0.29) is 0 Å². The lowest BCUT2D eigenvalue weighted by Crippen LogP contribution is -2.18. The lowest BCUT2D eigenvalue weighted by Gasteiger charge is -2.20. The molecule has 0 aliphatic carbocycles. The molecule has 1 aliphatic heterocycles. The number of hydrogen-bond acceptors (Lipinski definition) is 3. The van der Waals surface area contributed by atoms with Crippen molar-refractivity contribution in [3.8, 4) is 5.75 Å². The van der Waals surface area contributed by atoms with Crippen molar-refractivity contribution >= 4 is 16.6 Å². The minimum Gasteiger partial charge on any atom is -0.497 e. The number of anilines is 1. The van der Waals surface area contributed by atoms with Crippen molar-refractivity contribution in [2.24, 2.45) is 0 Å². The monoisotopic (exact) mass is 242 g/mol. The molecule has 0 saturated carbocycles. The van der Waals surface area contributed by atoms with Crippen LogP contribution in [0.25, 0.3) is 10.9 Å². The van der Waals surface area contributed by atoms with Crippen molar-refractivity contribution in [2.75, 3.05) is 25.1 Å². The fourth-order valence-corrected chi connectivity index (χ4v) is 2.66. The zero-order chi connectivity index (χ0) is 12.5. The quantitative estimate of drug-likeness (QED) is 0.809. The van der Waals surface area contributed by atoms with Gasteiger partial charge in [0.15, 0.2) is 0 Å². The fraction of sp³-hybridized carbons (Fsp3) is 0.400. The third-order valence-electron chi connectivity index (χ3n) is 3.57. The highest BCUT2D eigenvalue weighted by molar-refractivity contribution is 5.93. The van der Waals surface area contributed by atoms with Gasteiger partial charge in [-0.2, -0.15) is 0 Å². The van der Waals surface area contributed by atoms with Gasteiger partial charge in [0.2, 0.25) is 0 Å². The number of benzene rings is 1. The Labute approximate surface area is 107 Å². The van der Waals surface area contributed by atoms with Gasteiger partial charge in [-0.05, 0) is 44.0 Å². The van der Waals surface area contributed by atoms with Crippen LogP contribution in [0.3, 0.4) is 0 Å². The second-order valence-electron chi connectivity index (χ2n) is 4.86. The second-order valence-corrected chi connectivity index (χ2v) is 4.86. The van der Waals surface area contributed by atoms with Crippen molar-refractivity contribution < 1.29 is 4.74 Å². The summed E-state index contributed by atoms with van der Waals surface area (Å²) in [6.07, 6.45) is 2.57. The molecule has 94 valence electrons. The molecule has 2 aromatic rings. The van der Waals surface area contributed by atoms with Crippen molar-refractivity contribution in [1.82, 2.24) is 4.98 Å².